The molecule has 13 amide bonds. The molecule has 2 aliphatic heterocycles. The Labute approximate surface area is 751 Å². The number of fused-ring (bicyclic) bond motifs is 5. The highest BCUT2D eigenvalue weighted by atomic mass is 16.7. The minimum absolute atomic E-state index is 0.00350. The molecule has 2 saturated heterocycles. The number of hydrogen-bond acceptors (Lipinski definition) is 28. The van der Waals surface area contributed by atoms with Gasteiger partial charge in [-0.2, -0.15) is 0 Å². The van der Waals surface area contributed by atoms with E-state index in [0.717, 1.165) is 6.92 Å². The third kappa shape index (κ3) is 26.0. The van der Waals surface area contributed by atoms with Gasteiger partial charge in [0.15, 0.2) is 11.4 Å². The van der Waals surface area contributed by atoms with Gasteiger partial charge in [0.1, 0.15) is 84.5 Å². The topological polar surface area (TPSA) is 608 Å². The number of nitrogens with one attached hydrogen (secondary N) is 10. The Morgan fingerprint density at radius 3 is 1.77 bits per heavy atom. The molecule has 8 rings (SSSR count). The molecule has 17 N–H and O–H groups in total. The van der Waals surface area contributed by atoms with Gasteiger partial charge < -0.3 is 118 Å². The molecule has 710 valence electrons. The van der Waals surface area contributed by atoms with Crippen molar-refractivity contribution in [2.75, 3.05) is 38.1 Å². The van der Waals surface area contributed by atoms with Crippen LogP contribution >= 0.6 is 0 Å². The maximum absolute atomic E-state index is 15.5. The summed E-state index contributed by atoms with van der Waals surface area (Å²) < 4.78 is 41.9. The van der Waals surface area contributed by atoms with Crippen molar-refractivity contribution in [2.45, 2.75) is 263 Å². The second-order valence-corrected chi connectivity index (χ2v) is 35.8. The third-order valence-electron chi connectivity index (χ3n) is 23.7. The Bertz CT molecular complexity index is 4750. The van der Waals surface area contributed by atoms with E-state index in [2.05, 4.69) is 53.2 Å². The molecule has 3 aromatic carbocycles. The van der Waals surface area contributed by atoms with Gasteiger partial charge in [0.05, 0.1) is 49.2 Å². The molecule has 4 fully saturated rings. The van der Waals surface area contributed by atoms with Crippen molar-refractivity contribution in [1.82, 2.24) is 52.8 Å². The van der Waals surface area contributed by atoms with Gasteiger partial charge in [0, 0.05) is 57.2 Å². The van der Waals surface area contributed by atoms with Crippen LogP contribution in [0.4, 0.5) is 15.3 Å². The summed E-state index contributed by atoms with van der Waals surface area (Å²) in [5, 5.41) is 63.8. The number of anilines is 1. The number of ether oxygens (including phenoxy) is 7. The number of Topliss-reactive ketones (excluding diaryl/α,β-unsaturated/α-hetero) is 1. The van der Waals surface area contributed by atoms with E-state index in [-0.39, 0.29) is 103 Å². The van der Waals surface area contributed by atoms with Crippen molar-refractivity contribution >= 4 is 113 Å². The van der Waals surface area contributed by atoms with Crippen molar-refractivity contribution < 1.29 is 135 Å². The summed E-state index contributed by atoms with van der Waals surface area (Å²) in [6, 6.07) is 11.3. The van der Waals surface area contributed by atoms with Crippen LogP contribution in [0, 0.1) is 28.6 Å². The van der Waals surface area contributed by atoms with E-state index in [1.807, 2.05) is 0 Å². The molecule has 0 radical (unpaired) electrons. The summed E-state index contributed by atoms with van der Waals surface area (Å²) in [6.45, 7) is 18.2. The molecule has 0 spiro atoms. The maximum atomic E-state index is 15.5. The first-order valence-corrected chi connectivity index (χ1v) is 43.0. The van der Waals surface area contributed by atoms with E-state index in [1.54, 1.807) is 84.9 Å². The number of aliphatic hydroxyl groups is 3. The fourth-order valence-electron chi connectivity index (χ4n) is 17.0. The molecule has 5 aliphatic rings. The van der Waals surface area contributed by atoms with Crippen LogP contribution < -0.4 is 64.6 Å². The van der Waals surface area contributed by atoms with Crippen LogP contribution in [-0.4, -0.2) is 250 Å². The smallest absolute Gasteiger partial charge is 0.455 e. The number of ketones is 1. The molecular formula is C89H121N13O28. The molecule has 130 heavy (non-hydrogen) atoms. The second kappa shape index (κ2) is 44.2. The van der Waals surface area contributed by atoms with Crippen LogP contribution in [0.25, 0.3) is 0 Å². The van der Waals surface area contributed by atoms with E-state index >= 15 is 9.59 Å². The molecule has 2 saturated carbocycles. The largest absolute Gasteiger partial charge is 0.509 e. The average molecular weight is 1820 g/mol. The number of amides is 13. The summed E-state index contributed by atoms with van der Waals surface area (Å²) in [5.41, 5.74) is 1.49. The van der Waals surface area contributed by atoms with Crippen molar-refractivity contribution in [2.24, 2.45) is 40.1 Å². The van der Waals surface area contributed by atoms with Crippen molar-refractivity contribution in [3.8, 4) is 0 Å². The zero-order valence-corrected chi connectivity index (χ0v) is 75.3. The first kappa shape index (κ1) is 103. The molecule has 0 unspecified atom stereocenters. The lowest BCUT2D eigenvalue weighted by molar-refractivity contribution is -0.346. The molecule has 3 aromatic rings. The van der Waals surface area contributed by atoms with Crippen LogP contribution in [0.3, 0.4) is 0 Å². The SMILES string of the molecule is CC(=O)NCC(=O)N1CCC[C@H]1C(=O)N[C@@H](CCC(N)=O)C(=O)NCC(=O)N[C@@H](CC(C)C)C(=O)N[C@@H](C)C(=O)NCC(=O)N[C@@H](CCC(N)=O)C(=O)N[C@@H](CC(C)C)C(=O)Nc1ccc(COC(=O)O[C@@H](C(=O)O[C@H]2C[C@@]3(O)[C@@H](OC(=O)c4ccccc4)[C@@H]4[C@]5(OC(C)=O)CO[C@@H]5C[C@H](O)[C@@]4(C)C(=O)[C@H](O)C(=C2C)C3(C)C)[C@@H](NC(=O)OC(C)(C)C)c2ccccc2)cc1. The molecule has 41 heteroatoms. The quantitative estimate of drug-likeness (QED) is 0.0215. The average Bonchev–Trinajstić information content (AvgIpc) is 1.60. The van der Waals surface area contributed by atoms with Crippen LogP contribution in [0.15, 0.2) is 96.1 Å². The van der Waals surface area contributed by atoms with Crippen LogP contribution in [0.1, 0.15) is 189 Å². The fourth-order valence-corrected chi connectivity index (χ4v) is 17.0. The highest BCUT2D eigenvalue weighted by Crippen LogP contribution is 2.64. The van der Waals surface area contributed by atoms with Crippen LogP contribution in [0.2, 0.25) is 0 Å². The predicted molar refractivity (Wildman–Crippen MR) is 458 cm³/mol. The monoisotopic (exact) mass is 1820 g/mol. The number of hydrogen-bond donors (Lipinski definition) is 15. The third-order valence-corrected chi connectivity index (χ3v) is 23.7. The number of alkyl carbamates (subject to hydrolysis) is 1. The van der Waals surface area contributed by atoms with Gasteiger partial charge in [-0.15, -0.1) is 0 Å². The first-order chi connectivity index (χ1) is 60.9. The number of rotatable bonds is 39. The minimum atomic E-state index is -2.58. The molecule has 2 bridgehead atoms. The van der Waals surface area contributed by atoms with Gasteiger partial charge in [-0.25, -0.2) is 19.2 Å². The van der Waals surface area contributed by atoms with Gasteiger partial charge in [-0.1, -0.05) is 102 Å². The first-order valence-electron chi connectivity index (χ1n) is 43.0. The number of benzene rings is 3. The van der Waals surface area contributed by atoms with E-state index in [4.69, 9.17) is 44.6 Å². The number of carbonyl (C=O) groups excluding carboxylic acids is 18. The molecule has 3 aliphatic carbocycles. The van der Waals surface area contributed by atoms with Gasteiger partial charge in [-0.05, 0) is 138 Å². The zero-order chi connectivity index (χ0) is 96.4. The number of carbonyl (C=O) groups is 18. The van der Waals surface area contributed by atoms with E-state index in [9.17, 15) is 92.0 Å². The summed E-state index contributed by atoms with van der Waals surface area (Å²) >= 11 is 0. The second-order valence-electron chi connectivity index (χ2n) is 35.8. The summed E-state index contributed by atoms with van der Waals surface area (Å²) in [7, 11) is 0. The fraction of sp³-hybridized carbons (Fsp3) is 0.573. The van der Waals surface area contributed by atoms with Crippen LogP contribution in [-0.2, 0) is 112 Å². The number of likely N-dealkylation sites (tertiary alicyclic amines) is 1. The van der Waals surface area contributed by atoms with Gasteiger partial charge in [0.25, 0.3) is 0 Å². The summed E-state index contributed by atoms with van der Waals surface area (Å²) in [4.78, 5) is 246. The van der Waals surface area contributed by atoms with Crippen molar-refractivity contribution in [3.05, 3.63) is 113 Å². The minimum Gasteiger partial charge on any atom is -0.455 e. The normalized spacial score (nSPS) is 23.5. The standard InChI is InChI=1S/C89H121N13O28/c1-45(2)36-57(98-66(109)41-94-76(114)55(31-33-63(90)106)99-80(118)59-26-21-35-102(59)67(110)42-92-49(7)103)78(116)95-48(6)75(113)93-40-65(108)97-56(32-34-64(91)107)77(115)100-58(37-46(3)4)79(117)96-54-29-27-51(28-30-54)43-124-84(122)127-71(69(52-22-17-15-18-23-52)101-83(121)130-85(9,10)11)82(120)126-60-39-89(123)74(128-81(119)53-24-19-16-20-25-53)72-87(14,73(112)70(111)68(47(60)5)86(89,12)13)61(105)38-62-88(72,44-125-62)129-50(8)104/h15-20,22-25,27-30,45-46,48,55-62,69-72,74,105,111,123H,21,26,31-44H2,1-14H3,(H2,90,106)(H2,91,107)(H,92,103)(H,93,113)(H,94,114)(H,95,116)(H,96,117)(H,97,108)(H,98,109)(H,99,118)(H,100,115)(H,101,121)/t48-,55-,56-,57-,58-,59-,60-,61-,62+,69-,70+,71+,72-,74-,87+,88-,89+/m0/s1. The highest BCUT2D eigenvalue weighted by Gasteiger charge is 2.78. The molecule has 2 heterocycles. The van der Waals surface area contributed by atoms with Crippen LogP contribution in [0.5, 0.6) is 0 Å². The Kier molecular flexibility index (Phi) is 35.0. The summed E-state index contributed by atoms with van der Waals surface area (Å²) in [6.07, 6.45) is -15.4. The number of esters is 3. The number of aliphatic hydroxyl groups excluding tert-OH is 2. The number of nitrogens with zero attached hydrogens (tertiary/aromatic N) is 1. The number of primary amides is 2. The predicted octanol–water partition coefficient (Wildman–Crippen LogP) is 0.986. The Morgan fingerprint density at radius 2 is 1.22 bits per heavy atom. The molecule has 17 atom stereocenters. The Hall–Kier alpha value is -12.5. The summed E-state index contributed by atoms with van der Waals surface area (Å²) in [5.74, 6) is -16.1. The Balaban J connectivity index is 0.924. The van der Waals surface area contributed by atoms with Crippen molar-refractivity contribution in [1.29, 1.82) is 0 Å². The lowest BCUT2D eigenvalue weighted by Crippen LogP contribution is -2.81. The van der Waals surface area contributed by atoms with Gasteiger partial charge >= 0.3 is 30.2 Å². The van der Waals surface area contributed by atoms with E-state index in [1.165, 1.54) is 95.0 Å². The van der Waals surface area contributed by atoms with Gasteiger partial charge in [-0.3, -0.25) is 67.1 Å². The number of nitrogens with two attached hydrogens (primary N) is 2. The molecular weight excluding hydrogens is 1700 g/mol. The van der Waals surface area contributed by atoms with E-state index in [0.29, 0.717) is 6.42 Å². The molecule has 0 aromatic heterocycles. The van der Waals surface area contributed by atoms with Gasteiger partial charge in [0.2, 0.25) is 77.0 Å². The maximum Gasteiger partial charge on any atom is 0.509 e. The van der Waals surface area contributed by atoms with E-state index < -0.39 is 258 Å². The van der Waals surface area contributed by atoms with Crippen molar-refractivity contribution in [3.63, 3.8) is 0 Å². The lowest BCUT2D eigenvalue weighted by Gasteiger charge is -2.67. The Morgan fingerprint density at radius 1 is 0.654 bits per heavy atom. The lowest BCUT2D eigenvalue weighted by atomic mass is 9.44. The highest BCUT2D eigenvalue weighted by molar-refractivity contribution is 6.00. The zero-order valence-electron chi connectivity index (χ0n) is 75.3. The molecule has 41 nitrogen and oxygen atoms in total.